The van der Waals surface area contributed by atoms with Crippen LogP contribution in [0.4, 0.5) is 0 Å². The monoisotopic (exact) mass is 301 g/mol. The maximum absolute atomic E-state index is 11.3. The van der Waals surface area contributed by atoms with Gasteiger partial charge in [-0.2, -0.15) is 5.26 Å². The lowest BCUT2D eigenvalue weighted by Gasteiger charge is -2.06. The molecule has 0 aliphatic carbocycles. The minimum absolute atomic E-state index is 0.0702. The highest BCUT2D eigenvalue weighted by Gasteiger charge is 2.12. The molecule has 3 nitrogen and oxygen atoms in total. The molecule has 0 aliphatic heterocycles. The lowest BCUT2D eigenvalue weighted by molar-refractivity contribution is -0.142. The van der Waals surface area contributed by atoms with Gasteiger partial charge in [0, 0.05) is 4.47 Å². The van der Waals surface area contributed by atoms with Crippen molar-refractivity contribution in [1.29, 1.82) is 5.26 Å². The molecule has 0 atom stereocenters. The molecule has 5 heteroatoms. The van der Waals surface area contributed by atoms with E-state index in [1.54, 1.807) is 19.1 Å². The molecule has 0 unspecified atom stereocenters. The number of nitriles is 1. The van der Waals surface area contributed by atoms with Crippen molar-refractivity contribution in [3.8, 4) is 6.07 Å². The van der Waals surface area contributed by atoms with Crippen LogP contribution in [0.5, 0.6) is 0 Å². The van der Waals surface area contributed by atoms with Crippen molar-refractivity contribution in [2.75, 3.05) is 6.61 Å². The molecule has 0 radical (unpaired) electrons. The van der Waals surface area contributed by atoms with Crippen LogP contribution in [0.3, 0.4) is 0 Å². The number of hydrogen-bond donors (Lipinski definition) is 0. The second kappa shape index (κ2) is 5.88. The number of ether oxygens (including phenoxy) is 1. The molecule has 1 rings (SSSR count). The fraction of sp³-hybridized carbons (Fsp3) is 0.273. The van der Waals surface area contributed by atoms with Crippen molar-refractivity contribution in [2.24, 2.45) is 0 Å². The molecule has 0 aliphatic rings. The Hall–Kier alpha value is -1.05. The lowest BCUT2D eigenvalue weighted by atomic mass is 10.1. The highest BCUT2D eigenvalue weighted by atomic mass is 79.9. The fourth-order valence-electron chi connectivity index (χ4n) is 1.22. The summed E-state index contributed by atoms with van der Waals surface area (Å²) >= 11 is 9.23. The smallest absolute Gasteiger partial charge is 0.310 e. The van der Waals surface area contributed by atoms with Crippen LogP contribution in [-0.2, 0) is 16.0 Å². The van der Waals surface area contributed by atoms with E-state index in [0.29, 0.717) is 27.2 Å². The van der Waals surface area contributed by atoms with E-state index in [1.807, 2.05) is 6.07 Å². The minimum atomic E-state index is -0.355. The van der Waals surface area contributed by atoms with Gasteiger partial charge < -0.3 is 4.74 Å². The van der Waals surface area contributed by atoms with Gasteiger partial charge in [-0.1, -0.05) is 27.5 Å². The SMILES string of the molecule is CCOC(=O)Cc1cc(Br)cc(C#N)c1Cl. The average Bonchev–Trinajstić information content (AvgIpc) is 2.23. The highest BCUT2D eigenvalue weighted by Crippen LogP contribution is 2.26. The van der Waals surface area contributed by atoms with Gasteiger partial charge in [-0.05, 0) is 24.6 Å². The lowest BCUT2D eigenvalue weighted by Crippen LogP contribution is -2.08. The zero-order chi connectivity index (χ0) is 12.1. The van der Waals surface area contributed by atoms with Crippen LogP contribution in [0.2, 0.25) is 5.02 Å². The van der Waals surface area contributed by atoms with E-state index in [0.717, 1.165) is 0 Å². The fourth-order valence-corrected chi connectivity index (χ4v) is 1.95. The van der Waals surface area contributed by atoms with Crippen LogP contribution in [0.1, 0.15) is 18.1 Å². The summed E-state index contributed by atoms with van der Waals surface area (Å²) in [6.07, 6.45) is 0.0702. The first-order valence-electron chi connectivity index (χ1n) is 4.62. The van der Waals surface area contributed by atoms with Crippen molar-refractivity contribution in [3.63, 3.8) is 0 Å². The second-order valence-electron chi connectivity index (χ2n) is 3.02. The summed E-state index contributed by atoms with van der Waals surface area (Å²) in [5.41, 5.74) is 0.932. The van der Waals surface area contributed by atoms with Crippen molar-refractivity contribution >= 4 is 33.5 Å². The Kier molecular flexibility index (Phi) is 4.78. The van der Waals surface area contributed by atoms with E-state index in [9.17, 15) is 4.79 Å². The number of carbonyl (C=O) groups is 1. The molecule has 1 aromatic carbocycles. The van der Waals surface area contributed by atoms with Crippen molar-refractivity contribution < 1.29 is 9.53 Å². The molecular formula is C11H9BrClNO2. The van der Waals surface area contributed by atoms with E-state index < -0.39 is 0 Å². The second-order valence-corrected chi connectivity index (χ2v) is 4.31. The summed E-state index contributed by atoms with van der Waals surface area (Å²) in [6, 6.07) is 5.28. The first-order valence-corrected chi connectivity index (χ1v) is 5.79. The maximum Gasteiger partial charge on any atom is 0.310 e. The Morgan fingerprint density at radius 2 is 2.31 bits per heavy atom. The molecular weight excluding hydrogens is 293 g/mol. The zero-order valence-electron chi connectivity index (χ0n) is 8.59. The summed E-state index contributed by atoms with van der Waals surface area (Å²) in [6.45, 7) is 2.07. The molecule has 1 aromatic rings. The molecule has 0 saturated carbocycles. The number of halogens is 2. The summed E-state index contributed by atoms with van der Waals surface area (Å²) in [4.78, 5) is 11.3. The number of rotatable bonds is 3. The third-order valence-corrected chi connectivity index (χ3v) is 2.78. The summed E-state index contributed by atoms with van der Waals surface area (Å²) in [7, 11) is 0. The van der Waals surface area contributed by atoms with Gasteiger partial charge in [-0.15, -0.1) is 0 Å². The molecule has 0 saturated heterocycles. The third kappa shape index (κ3) is 3.22. The minimum Gasteiger partial charge on any atom is -0.466 e. The molecule has 0 amide bonds. The van der Waals surface area contributed by atoms with Gasteiger partial charge in [0.25, 0.3) is 0 Å². The highest BCUT2D eigenvalue weighted by molar-refractivity contribution is 9.10. The van der Waals surface area contributed by atoms with Crippen molar-refractivity contribution in [2.45, 2.75) is 13.3 Å². The Labute approximate surface area is 107 Å². The number of nitrogens with zero attached hydrogens (tertiary/aromatic N) is 1. The third-order valence-electron chi connectivity index (χ3n) is 1.87. The Morgan fingerprint density at radius 1 is 1.62 bits per heavy atom. The normalized spacial score (nSPS) is 9.62. The van der Waals surface area contributed by atoms with Gasteiger partial charge in [-0.3, -0.25) is 4.79 Å². The number of esters is 1. The van der Waals surface area contributed by atoms with Gasteiger partial charge in [0.2, 0.25) is 0 Å². The standard InChI is InChI=1S/C11H9BrClNO2/c1-2-16-10(15)5-7-3-9(12)4-8(6-14)11(7)13/h3-4H,2,5H2,1H3. The topological polar surface area (TPSA) is 50.1 Å². The van der Waals surface area contributed by atoms with Gasteiger partial charge in [0.1, 0.15) is 6.07 Å². The largest absolute Gasteiger partial charge is 0.466 e. The van der Waals surface area contributed by atoms with Gasteiger partial charge in [0.15, 0.2) is 0 Å². The van der Waals surface area contributed by atoms with Crippen molar-refractivity contribution in [3.05, 3.63) is 32.8 Å². The van der Waals surface area contributed by atoms with Crippen molar-refractivity contribution in [1.82, 2.24) is 0 Å². The average molecular weight is 303 g/mol. The van der Waals surface area contributed by atoms with E-state index >= 15 is 0 Å². The summed E-state index contributed by atoms with van der Waals surface area (Å²) < 4.78 is 5.53. The first kappa shape index (κ1) is 13.0. The van der Waals surface area contributed by atoms with Gasteiger partial charge >= 0.3 is 5.97 Å². The summed E-state index contributed by atoms with van der Waals surface area (Å²) in [5.74, 6) is -0.355. The molecule has 0 bridgehead atoms. The molecule has 0 spiro atoms. The molecule has 0 N–H and O–H groups in total. The van der Waals surface area contributed by atoms with Crippen LogP contribution in [0.25, 0.3) is 0 Å². The predicted octanol–water partition coefficient (Wildman–Crippen LogP) is 3.08. The van der Waals surface area contributed by atoms with E-state index in [2.05, 4.69) is 15.9 Å². The van der Waals surface area contributed by atoms with E-state index in [-0.39, 0.29) is 12.4 Å². The predicted molar refractivity (Wildman–Crippen MR) is 64.2 cm³/mol. The Morgan fingerprint density at radius 3 is 2.88 bits per heavy atom. The molecule has 0 fully saturated rings. The van der Waals surface area contributed by atoms with Crippen LogP contribution in [0, 0.1) is 11.3 Å². The zero-order valence-corrected chi connectivity index (χ0v) is 10.9. The molecule has 84 valence electrons. The van der Waals surface area contributed by atoms with Gasteiger partial charge in [0.05, 0.1) is 23.6 Å². The van der Waals surface area contributed by atoms with Crippen LogP contribution in [-0.4, -0.2) is 12.6 Å². The molecule has 16 heavy (non-hydrogen) atoms. The number of hydrogen-bond acceptors (Lipinski definition) is 3. The van der Waals surface area contributed by atoms with Gasteiger partial charge in [-0.25, -0.2) is 0 Å². The summed E-state index contributed by atoms with van der Waals surface area (Å²) in [5, 5.41) is 9.14. The quantitative estimate of drug-likeness (QED) is 0.806. The number of carbonyl (C=O) groups excluding carboxylic acids is 1. The first-order chi connectivity index (χ1) is 7.58. The molecule has 0 heterocycles. The molecule has 0 aromatic heterocycles. The Balaban J connectivity index is 3.01. The number of benzene rings is 1. The van der Waals surface area contributed by atoms with Crippen LogP contribution < -0.4 is 0 Å². The van der Waals surface area contributed by atoms with Crippen LogP contribution in [0.15, 0.2) is 16.6 Å². The van der Waals surface area contributed by atoms with Crippen LogP contribution >= 0.6 is 27.5 Å². The van der Waals surface area contributed by atoms with E-state index in [4.69, 9.17) is 21.6 Å². The van der Waals surface area contributed by atoms with E-state index in [1.165, 1.54) is 0 Å². The Bertz CT molecular complexity index is 454. The maximum atomic E-state index is 11.3.